The lowest BCUT2D eigenvalue weighted by Gasteiger charge is -1.70. The van der Waals surface area contributed by atoms with Crippen LogP contribution in [0.2, 0.25) is 0 Å². The molecule has 12 aromatic rings. The summed E-state index contributed by atoms with van der Waals surface area (Å²) in [7, 11) is 0. The lowest BCUT2D eigenvalue weighted by molar-refractivity contribution is 0.558. The molecule has 0 spiro atoms. The van der Waals surface area contributed by atoms with Gasteiger partial charge in [0.15, 0.2) is 6.39 Å². The highest BCUT2D eigenvalue weighted by Gasteiger charge is 1.64. The highest BCUT2D eigenvalue weighted by Crippen LogP contribution is 1.91. The quantitative estimate of drug-likeness (QED) is 0.129. The lowest BCUT2D eigenvalue weighted by Crippen LogP contribution is -1.69. The van der Waals surface area contributed by atoms with E-state index in [0.29, 0.717) is 0 Å². The Balaban J connectivity index is 0.000000355. The molecule has 18 heteroatoms. The zero-order valence-electron chi connectivity index (χ0n) is 35.2. The van der Waals surface area contributed by atoms with E-state index in [1.54, 1.807) is 152 Å². The average Bonchev–Trinajstić information content (AvgIpc) is 4.28. The summed E-state index contributed by atoms with van der Waals surface area (Å²) < 4.78 is 9.06. The molecule has 0 amide bonds. The van der Waals surface area contributed by atoms with E-state index >= 15 is 0 Å². The predicted molar refractivity (Wildman–Crippen MR) is 256 cm³/mol. The number of furan rings is 1. The monoisotopic (exact) mass is 906 g/mol. The van der Waals surface area contributed by atoms with Gasteiger partial charge in [0.1, 0.15) is 12.6 Å². The number of aromatic amines is 3. The van der Waals surface area contributed by atoms with Crippen LogP contribution in [0.4, 0.5) is 0 Å². The van der Waals surface area contributed by atoms with Crippen molar-refractivity contribution < 1.29 is 8.83 Å². The Morgan fingerprint density at radius 1 is 0.323 bits per heavy atom. The molecule has 11 aromatic heterocycles. The van der Waals surface area contributed by atoms with E-state index in [9.17, 15) is 0 Å². The molecule has 65 heavy (non-hydrogen) atoms. The van der Waals surface area contributed by atoms with Crippen molar-refractivity contribution in [1.29, 1.82) is 0 Å². The van der Waals surface area contributed by atoms with Crippen LogP contribution in [0.5, 0.6) is 0 Å². The second-order valence-corrected chi connectivity index (χ2v) is 11.8. The van der Waals surface area contributed by atoms with Crippen molar-refractivity contribution in [3.05, 3.63) is 286 Å². The Morgan fingerprint density at radius 3 is 1.11 bits per heavy atom. The van der Waals surface area contributed by atoms with Crippen molar-refractivity contribution >= 4 is 22.7 Å². The van der Waals surface area contributed by atoms with Gasteiger partial charge in [-0.1, -0.05) is 54.6 Å². The van der Waals surface area contributed by atoms with Crippen molar-refractivity contribution in [2.75, 3.05) is 0 Å². The first kappa shape index (κ1) is 54.1. The molecule has 11 heterocycles. The minimum absolute atomic E-state index is 1.38. The maximum atomic E-state index is 4.58. The fourth-order valence-electron chi connectivity index (χ4n) is 2.97. The van der Waals surface area contributed by atoms with Gasteiger partial charge in [-0.25, -0.2) is 19.9 Å². The molecule has 0 aliphatic heterocycles. The molecule has 16 nitrogen and oxygen atoms in total. The number of thiophene rings is 1. The molecule has 0 fully saturated rings. The summed E-state index contributed by atoms with van der Waals surface area (Å²) in [5.41, 5.74) is 1.79. The number of nitrogens with one attached hydrogen (secondary N) is 3. The Labute approximate surface area is 386 Å². The fourth-order valence-corrected chi connectivity index (χ4v) is 3.78. The second-order valence-electron chi connectivity index (χ2n) is 10.2. The highest BCUT2D eigenvalue weighted by atomic mass is 32.1. The van der Waals surface area contributed by atoms with E-state index < -0.39 is 0 Å². The van der Waals surface area contributed by atoms with Crippen molar-refractivity contribution in [3.8, 4) is 0 Å². The second kappa shape index (κ2) is 51.3. The minimum atomic E-state index is 1.38. The van der Waals surface area contributed by atoms with Crippen LogP contribution in [-0.4, -0.2) is 70.2 Å². The van der Waals surface area contributed by atoms with Crippen LogP contribution in [-0.2, 0) is 0 Å². The maximum Gasteiger partial charge on any atom is 0.180 e. The molecule has 332 valence electrons. The van der Waals surface area contributed by atoms with Gasteiger partial charge in [0, 0.05) is 111 Å². The van der Waals surface area contributed by atoms with E-state index in [1.807, 2.05) is 138 Å². The molecule has 0 saturated heterocycles. The summed E-state index contributed by atoms with van der Waals surface area (Å²) in [6, 6.07) is 36.6. The summed E-state index contributed by atoms with van der Waals surface area (Å²) in [5.74, 6) is 0. The van der Waals surface area contributed by atoms with Crippen LogP contribution < -0.4 is 0 Å². The van der Waals surface area contributed by atoms with Crippen LogP contribution in [0, 0.1) is 0 Å². The summed E-state index contributed by atoms with van der Waals surface area (Å²) in [5, 5.41) is 19.3. The van der Waals surface area contributed by atoms with E-state index in [1.165, 1.54) is 19.0 Å². The van der Waals surface area contributed by atoms with Gasteiger partial charge in [0.05, 0.1) is 30.6 Å². The molecule has 0 saturated carbocycles. The molecule has 0 radical (unpaired) electrons. The number of hydrogen-bond donors (Lipinski definition) is 3. The van der Waals surface area contributed by atoms with Gasteiger partial charge < -0.3 is 18.8 Å². The normalized spacial score (nSPS) is 8.00. The van der Waals surface area contributed by atoms with Gasteiger partial charge in [0.2, 0.25) is 0 Å². The van der Waals surface area contributed by atoms with Gasteiger partial charge in [-0.15, -0.1) is 11.3 Å². The van der Waals surface area contributed by atoms with E-state index in [-0.39, 0.29) is 0 Å². The number of thiazole rings is 1. The zero-order chi connectivity index (χ0) is 46.0. The largest absolute Gasteiger partial charge is 0.473 e. The van der Waals surface area contributed by atoms with Gasteiger partial charge in [-0.05, 0) is 71.4 Å². The number of hydrogen-bond acceptors (Lipinski definition) is 15. The third kappa shape index (κ3) is 49.4. The van der Waals surface area contributed by atoms with Gasteiger partial charge in [0.25, 0.3) is 0 Å². The van der Waals surface area contributed by atoms with Crippen LogP contribution in [0.25, 0.3) is 0 Å². The van der Waals surface area contributed by atoms with E-state index in [2.05, 4.69) is 79.1 Å². The number of rotatable bonds is 0. The van der Waals surface area contributed by atoms with E-state index in [4.69, 9.17) is 0 Å². The maximum absolute atomic E-state index is 4.58. The summed E-state index contributed by atoms with van der Waals surface area (Å²) >= 11 is 3.31. The number of oxazole rings is 1. The van der Waals surface area contributed by atoms with Crippen LogP contribution in [0.1, 0.15) is 0 Å². The summed E-state index contributed by atoms with van der Waals surface area (Å²) in [6.45, 7) is 0. The third-order valence-electron chi connectivity index (χ3n) is 5.52. The number of benzene rings is 1. The molecule has 0 aliphatic rings. The fraction of sp³-hybridized carbons (Fsp3) is 0. The Kier molecular flexibility index (Phi) is 42.7. The molecule has 0 bridgehead atoms. The number of H-pyrrole nitrogens is 3. The first-order valence-electron chi connectivity index (χ1n) is 19.0. The number of nitrogens with zero attached hydrogens (tertiary/aromatic N) is 11. The van der Waals surface area contributed by atoms with Crippen LogP contribution in [0.3, 0.4) is 0 Å². The molecular weight excluding hydrogens is 857 g/mol. The lowest BCUT2D eigenvalue weighted by atomic mass is 10.4. The number of aromatic nitrogens is 14. The SMILES string of the molecule is c1c[nH]cn1.c1cc[nH]c1.c1ccccc1.c1ccncc1.c1ccnnc1.c1ccoc1.c1ccsc1.c1cn[nH]c1.c1cnccn1.c1cncnc1.c1cocn1.c1cscn1. The first-order chi connectivity index (χ1) is 32.5. The summed E-state index contributed by atoms with van der Waals surface area (Å²) in [4.78, 5) is 35.2. The van der Waals surface area contributed by atoms with Crippen LogP contribution >= 0.6 is 22.7 Å². The van der Waals surface area contributed by atoms with E-state index in [0.717, 1.165) is 0 Å². The van der Waals surface area contributed by atoms with Crippen molar-refractivity contribution in [2.24, 2.45) is 0 Å². The van der Waals surface area contributed by atoms with Gasteiger partial charge in [-0.2, -0.15) is 26.6 Å². The average molecular weight is 907 g/mol. The number of imidazole rings is 1. The smallest absolute Gasteiger partial charge is 0.180 e. The molecule has 0 aliphatic carbocycles. The zero-order valence-corrected chi connectivity index (χ0v) is 36.8. The third-order valence-corrected chi connectivity index (χ3v) is 6.68. The standard InChI is InChI=1S/C6H6.C5H5N.3C4H4N2.C4H5N.C4H4O.C4H4S.2C3H4N2.C3H3NO.C3H3NS/c2*1-2-4-6-5-3-1;1-2-6-4-3-5-1;1-2-5-4-6-3-1;1-2-4-6-5-3-1;3*1-2-4-5-3-1;1-2-5-3-4-1;1-2-4-5-3-1;2*1-2-5-3-4-1/h1-6H;1-5H;3*1-4H;1-5H;2*1-4H;2*1-3H,(H,4,5);2*1-3H. The molecule has 0 atom stereocenters. The molecule has 12 rings (SSSR count). The molecular formula is C47H50N14O2S2. The Morgan fingerprint density at radius 2 is 0.923 bits per heavy atom. The Hall–Kier alpha value is -8.87. The Bertz CT molecular complexity index is 1610. The first-order valence-corrected chi connectivity index (χ1v) is 20.9. The van der Waals surface area contributed by atoms with Gasteiger partial charge >= 0.3 is 0 Å². The number of pyridine rings is 1. The van der Waals surface area contributed by atoms with Gasteiger partial charge in [-0.3, -0.25) is 25.0 Å². The van der Waals surface area contributed by atoms with Crippen molar-refractivity contribution in [1.82, 2.24) is 70.2 Å². The predicted octanol–water partition coefficient (Wildman–Crippen LogP) is 10.9. The van der Waals surface area contributed by atoms with Crippen molar-refractivity contribution in [3.63, 3.8) is 0 Å². The van der Waals surface area contributed by atoms with Crippen LogP contribution in [0.15, 0.2) is 295 Å². The van der Waals surface area contributed by atoms with Crippen molar-refractivity contribution in [2.45, 2.75) is 0 Å². The molecule has 0 unspecified atom stereocenters. The molecule has 3 N–H and O–H groups in total. The highest BCUT2D eigenvalue weighted by molar-refractivity contribution is 7.07. The topological polar surface area (TPSA) is 215 Å². The minimum Gasteiger partial charge on any atom is -0.473 e. The summed E-state index contributed by atoms with van der Waals surface area (Å²) in [6.07, 6.45) is 40.0. The molecule has 1 aromatic carbocycles.